The number of anilines is 3. The van der Waals surface area contributed by atoms with Gasteiger partial charge in [0.1, 0.15) is 23.2 Å². The molecule has 0 saturated carbocycles. The number of nitrogens with one attached hydrogen (secondary N) is 2. The lowest BCUT2D eigenvalue weighted by Gasteiger charge is -2.08. The van der Waals surface area contributed by atoms with E-state index in [9.17, 15) is 0 Å². The fraction of sp³-hybridized carbons (Fsp3) is 0.174. The number of nitrogens with zero attached hydrogens (tertiary/aromatic N) is 5. The summed E-state index contributed by atoms with van der Waals surface area (Å²) in [5.74, 6) is 2.61. The van der Waals surface area contributed by atoms with E-state index in [1.807, 2.05) is 43.3 Å². The van der Waals surface area contributed by atoms with E-state index in [0.29, 0.717) is 30.4 Å². The number of rotatable bonds is 8. The van der Waals surface area contributed by atoms with Crippen LogP contribution in [-0.2, 0) is 6.42 Å². The summed E-state index contributed by atoms with van der Waals surface area (Å²) < 4.78 is 0. The molecular formula is C23H24N8. The van der Waals surface area contributed by atoms with Crippen molar-refractivity contribution in [2.75, 3.05) is 23.7 Å². The molecule has 8 heteroatoms. The number of pyridine rings is 1. The van der Waals surface area contributed by atoms with E-state index in [0.717, 1.165) is 35.0 Å². The average Bonchev–Trinajstić information content (AvgIpc) is 2.79. The first-order chi connectivity index (χ1) is 15.2. The largest absolute Gasteiger partial charge is 0.384 e. The van der Waals surface area contributed by atoms with E-state index in [1.54, 1.807) is 18.5 Å². The lowest BCUT2D eigenvalue weighted by molar-refractivity contribution is 0.969. The number of hydrogen-bond acceptors (Lipinski definition) is 8. The Morgan fingerprint density at radius 2 is 1.61 bits per heavy atom. The first kappa shape index (κ1) is 20.4. The molecule has 3 heterocycles. The van der Waals surface area contributed by atoms with Crippen LogP contribution in [0.5, 0.6) is 0 Å². The predicted molar refractivity (Wildman–Crippen MR) is 122 cm³/mol. The molecule has 0 aliphatic carbocycles. The van der Waals surface area contributed by atoms with E-state index in [-0.39, 0.29) is 0 Å². The highest BCUT2D eigenvalue weighted by Gasteiger charge is 2.07. The predicted octanol–water partition coefficient (Wildman–Crippen LogP) is 3.34. The minimum atomic E-state index is 0.561. The molecule has 31 heavy (non-hydrogen) atoms. The van der Waals surface area contributed by atoms with Crippen LogP contribution in [-0.4, -0.2) is 38.0 Å². The van der Waals surface area contributed by atoms with Crippen LogP contribution in [0.3, 0.4) is 0 Å². The van der Waals surface area contributed by atoms with Gasteiger partial charge < -0.3 is 16.4 Å². The first-order valence-electron chi connectivity index (χ1n) is 10.1. The molecule has 1 aromatic carbocycles. The molecule has 0 fully saturated rings. The lowest BCUT2D eigenvalue weighted by atomic mass is 10.1. The number of nitrogens with two attached hydrogens (primary N) is 1. The Hall–Kier alpha value is -3.91. The summed E-state index contributed by atoms with van der Waals surface area (Å²) in [4.78, 5) is 22.4. The Morgan fingerprint density at radius 1 is 0.839 bits per heavy atom. The Morgan fingerprint density at radius 3 is 2.39 bits per heavy atom. The van der Waals surface area contributed by atoms with Crippen LogP contribution in [0, 0.1) is 6.92 Å². The fourth-order valence-electron chi connectivity index (χ4n) is 3.04. The molecule has 0 aliphatic rings. The topological polar surface area (TPSA) is 115 Å². The van der Waals surface area contributed by atoms with Crippen molar-refractivity contribution in [2.24, 2.45) is 5.73 Å². The molecule has 4 aromatic rings. The minimum absolute atomic E-state index is 0.561. The summed E-state index contributed by atoms with van der Waals surface area (Å²) in [7, 11) is 0. The van der Waals surface area contributed by atoms with Crippen molar-refractivity contribution in [1.82, 2.24) is 24.9 Å². The maximum absolute atomic E-state index is 5.53. The van der Waals surface area contributed by atoms with Crippen molar-refractivity contribution in [1.29, 1.82) is 0 Å². The summed E-state index contributed by atoms with van der Waals surface area (Å²) in [5, 5.41) is 6.49. The zero-order chi connectivity index (χ0) is 21.5. The van der Waals surface area contributed by atoms with Gasteiger partial charge in [-0.3, -0.25) is 0 Å². The summed E-state index contributed by atoms with van der Waals surface area (Å²) in [6.45, 7) is 3.30. The maximum Gasteiger partial charge on any atom is 0.180 e. The number of hydrogen-bond donors (Lipinski definition) is 3. The van der Waals surface area contributed by atoms with Gasteiger partial charge in [0.2, 0.25) is 0 Å². The molecule has 0 bridgehead atoms. The van der Waals surface area contributed by atoms with Gasteiger partial charge in [0.05, 0.1) is 0 Å². The molecular weight excluding hydrogens is 388 g/mol. The minimum Gasteiger partial charge on any atom is -0.384 e. The quantitative estimate of drug-likeness (QED) is 0.404. The Bertz CT molecular complexity index is 1140. The lowest BCUT2D eigenvalue weighted by Crippen LogP contribution is -2.12. The smallest absolute Gasteiger partial charge is 0.180 e. The van der Waals surface area contributed by atoms with Gasteiger partial charge >= 0.3 is 0 Å². The van der Waals surface area contributed by atoms with Crippen molar-refractivity contribution in [3.63, 3.8) is 0 Å². The van der Waals surface area contributed by atoms with Gasteiger partial charge in [-0.05, 0) is 48.9 Å². The standard InChI is InChI=1S/C23H24N8/c1-16-3-2-4-19(28-16)23-27-13-10-21(31-23)29-20-9-12-26-22(30-20)15-17-5-7-18(8-6-17)25-14-11-24/h2-10,12-13,25H,11,14-15,24H2,1H3,(H,26,27,29,30,31). The Kier molecular flexibility index (Phi) is 6.39. The van der Waals surface area contributed by atoms with Crippen LogP contribution in [0.25, 0.3) is 11.5 Å². The molecule has 0 spiro atoms. The van der Waals surface area contributed by atoms with Crippen LogP contribution in [0.2, 0.25) is 0 Å². The molecule has 0 amide bonds. The van der Waals surface area contributed by atoms with Gasteiger partial charge in [0.25, 0.3) is 0 Å². The van der Waals surface area contributed by atoms with Crippen molar-refractivity contribution in [3.05, 3.63) is 84.1 Å². The molecule has 8 nitrogen and oxygen atoms in total. The van der Waals surface area contributed by atoms with Crippen LogP contribution in [0.1, 0.15) is 17.1 Å². The number of aromatic nitrogens is 5. The molecule has 0 saturated heterocycles. The molecule has 0 radical (unpaired) electrons. The Balaban J connectivity index is 1.46. The highest BCUT2D eigenvalue weighted by Crippen LogP contribution is 2.18. The molecule has 3 aromatic heterocycles. The normalized spacial score (nSPS) is 10.6. The maximum atomic E-state index is 5.53. The van der Waals surface area contributed by atoms with Gasteiger partial charge in [0.15, 0.2) is 5.82 Å². The second-order valence-corrected chi connectivity index (χ2v) is 7.00. The van der Waals surface area contributed by atoms with Gasteiger partial charge in [-0.1, -0.05) is 18.2 Å². The Labute approximate surface area is 181 Å². The van der Waals surface area contributed by atoms with E-state index in [1.165, 1.54) is 0 Å². The SMILES string of the molecule is Cc1cccc(-c2nccc(Nc3ccnc(Cc4ccc(NCCN)cc4)n3)n2)n1. The van der Waals surface area contributed by atoms with Gasteiger partial charge in [-0.15, -0.1) is 0 Å². The van der Waals surface area contributed by atoms with E-state index >= 15 is 0 Å². The van der Waals surface area contributed by atoms with Crippen LogP contribution >= 0.6 is 0 Å². The van der Waals surface area contributed by atoms with E-state index in [4.69, 9.17) is 5.73 Å². The van der Waals surface area contributed by atoms with Crippen LogP contribution < -0.4 is 16.4 Å². The molecule has 0 aliphatic heterocycles. The number of aryl methyl sites for hydroxylation is 1. The summed E-state index contributed by atoms with van der Waals surface area (Å²) in [5.41, 5.74) is 9.36. The zero-order valence-electron chi connectivity index (χ0n) is 17.3. The average molecular weight is 413 g/mol. The third kappa shape index (κ3) is 5.58. The molecule has 156 valence electrons. The summed E-state index contributed by atoms with van der Waals surface area (Å²) >= 11 is 0. The summed E-state index contributed by atoms with van der Waals surface area (Å²) in [6.07, 6.45) is 4.08. The highest BCUT2D eigenvalue weighted by atomic mass is 15.1. The van der Waals surface area contributed by atoms with Gasteiger partial charge in [0, 0.05) is 43.3 Å². The molecule has 0 atom stereocenters. The third-order valence-electron chi connectivity index (χ3n) is 4.52. The van der Waals surface area contributed by atoms with Gasteiger partial charge in [-0.25, -0.2) is 24.9 Å². The van der Waals surface area contributed by atoms with Gasteiger partial charge in [-0.2, -0.15) is 0 Å². The second-order valence-electron chi connectivity index (χ2n) is 7.00. The third-order valence-corrected chi connectivity index (χ3v) is 4.52. The highest BCUT2D eigenvalue weighted by molar-refractivity contribution is 5.56. The van der Waals surface area contributed by atoms with Crippen molar-refractivity contribution in [2.45, 2.75) is 13.3 Å². The van der Waals surface area contributed by atoms with Crippen molar-refractivity contribution < 1.29 is 0 Å². The molecule has 4 N–H and O–H groups in total. The summed E-state index contributed by atoms with van der Waals surface area (Å²) in [6, 6.07) is 17.6. The van der Waals surface area contributed by atoms with Crippen LogP contribution in [0.4, 0.5) is 17.3 Å². The number of benzene rings is 1. The first-order valence-corrected chi connectivity index (χ1v) is 10.1. The zero-order valence-corrected chi connectivity index (χ0v) is 17.3. The molecule has 4 rings (SSSR count). The second kappa shape index (κ2) is 9.73. The van der Waals surface area contributed by atoms with E-state index in [2.05, 4.69) is 47.7 Å². The monoisotopic (exact) mass is 412 g/mol. The van der Waals surface area contributed by atoms with Crippen LogP contribution in [0.15, 0.2) is 67.0 Å². The van der Waals surface area contributed by atoms with Crippen molar-refractivity contribution >= 4 is 17.3 Å². The van der Waals surface area contributed by atoms with E-state index < -0.39 is 0 Å². The molecule has 0 unspecified atom stereocenters. The fourth-order valence-corrected chi connectivity index (χ4v) is 3.04. The van der Waals surface area contributed by atoms with Crippen molar-refractivity contribution in [3.8, 4) is 11.5 Å².